The van der Waals surface area contributed by atoms with Crippen LogP contribution in [0.3, 0.4) is 0 Å². The van der Waals surface area contributed by atoms with E-state index in [1.54, 1.807) is 27.7 Å². The molecule has 0 aromatic rings. The fraction of sp³-hybridized carbons (Fsp3) is 0.846. The average molecular weight is 289 g/mol. The number of rotatable bonds is 2. The number of ether oxygens (including phenoxy) is 3. The molecule has 7 nitrogen and oxygen atoms in total. The van der Waals surface area contributed by atoms with Gasteiger partial charge in [0.25, 0.3) is 0 Å². The summed E-state index contributed by atoms with van der Waals surface area (Å²) in [5.41, 5.74) is -0.615. The summed E-state index contributed by atoms with van der Waals surface area (Å²) in [6, 6.07) is 0. The van der Waals surface area contributed by atoms with Crippen LogP contribution >= 0.6 is 0 Å². The fourth-order valence-electron chi connectivity index (χ4n) is 1.76. The number of amides is 1. The molecular weight excluding hydrogens is 266 g/mol. The first-order valence-corrected chi connectivity index (χ1v) is 6.69. The van der Waals surface area contributed by atoms with Crippen molar-refractivity contribution < 1.29 is 28.9 Å². The minimum atomic E-state index is -1.14. The molecule has 1 saturated heterocycles. The Morgan fingerprint density at radius 2 is 2.05 bits per heavy atom. The normalized spacial score (nSPS) is 23.9. The zero-order chi connectivity index (χ0) is 15.3. The van der Waals surface area contributed by atoms with E-state index in [4.69, 9.17) is 14.2 Å². The van der Waals surface area contributed by atoms with Crippen molar-refractivity contribution in [3.63, 3.8) is 0 Å². The van der Waals surface area contributed by atoms with Gasteiger partial charge < -0.3 is 24.2 Å². The topological polar surface area (TPSA) is 85.3 Å². The molecule has 0 aliphatic carbocycles. The average Bonchev–Trinajstić information content (AvgIpc) is 2.49. The Morgan fingerprint density at radius 1 is 1.40 bits per heavy atom. The number of esters is 1. The number of hydrogen-bond donors (Lipinski definition) is 1. The van der Waals surface area contributed by atoms with Gasteiger partial charge in [0.05, 0.1) is 19.8 Å². The summed E-state index contributed by atoms with van der Waals surface area (Å²) in [4.78, 5) is 24.9. The van der Waals surface area contributed by atoms with Crippen molar-refractivity contribution in [2.75, 3.05) is 26.3 Å². The van der Waals surface area contributed by atoms with Crippen molar-refractivity contribution in [3.05, 3.63) is 0 Å². The summed E-state index contributed by atoms with van der Waals surface area (Å²) in [5, 5.41) is 9.99. The van der Waals surface area contributed by atoms with Gasteiger partial charge in [-0.05, 0) is 27.7 Å². The quantitative estimate of drug-likeness (QED) is 0.747. The highest BCUT2D eigenvalue weighted by Crippen LogP contribution is 2.14. The van der Waals surface area contributed by atoms with Gasteiger partial charge in [0.15, 0.2) is 6.10 Å². The van der Waals surface area contributed by atoms with Crippen LogP contribution in [0.2, 0.25) is 0 Å². The van der Waals surface area contributed by atoms with Gasteiger partial charge in [-0.1, -0.05) is 0 Å². The van der Waals surface area contributed by atoms with Gasteiger partial charge >= 0.3 is 12.1 Å². The molecular formula is C13H23NO6. The Kier molecular flexibility index (Phi) is 5.76. The molecule has 0 radical (unpaired) electrons. The predicted octanol–water partition coefficient (Wildman–Crippen LogP) is 0.546. The fourth-order valence-corrected chi connectivity index (χ4v) is 1.76. The lowest BCUT2D eigenvalue weighted by Gasteiger charge is -2.27. The molecule has 0 saturated carbocycles. The first-order valence-electron chi connectivity index (χ1n) is 6.69. The number of aliphatic hydroxyl groups is 1. The molecule has 0 spiro atoms. The second kappa shape index (κ2) is 6.90. The Balaban J connectivity index is 2.64. The van der Waals surface area contributed by atoms with E-state index in [2.05, 4.69) is 0 Å². The summed E-state index contributed by atoms with van der Waals surface area (Å²) in [7, 11) is 0. The minimum absolute atomic E-state index is 0.0294. The van der Waals surface area contributed by atoms with Gasteiger partial charge in [0.1, 0.15) is 11.7 Å². The number of carbonyl (C=O) groups excluding carboxylic acids is 2. The first kappa shape index (κ1) is 16.7. The monoisotopic (exact) mass is 289 g/mol. The number of carbonyl (C=O) groups is 2. The molecule has 1 aliphatic rings. The first-order chi connectivity index (χ1) is 9.24. The molecule has 0 unspecified atom stereocenters. The summed E-state index contributed by atoms with van der Waals surface area (Å²) in [6.07, 6.45) is -2.74. The lowest BCUT2D eigenvalue weighted by atomic mass is 10.2. The molecule has 1 aliphatic heterocycles. The van der Waals surface area contributed by atoms with Crippen molar-refractivity contribution in [3.8, 4) is 0 Å². The van der Waals surface area contributed by atoms with E-state index in [0.717, 1.165) is 0 Å². The minimum Gasteiger partial charge on any atom is -0.464 e. The SMILES string of the molecule is CCOC(=O)[C@@H]1OCCN(C(=O)OC(C)(C)C)C[C@H]1O. The van der Waals surface area contributed by atoms with Gasteiger partial charge in [-0.2, -0.15) is 0 Å². The van der Waals surface area contributed by atoms with E-state index in [1.165, 1.54) is 4.90 Å². The van der Waals surface area contributed by atoms with E-state index < -0.39 is 29.9 Å². The maximum Gasteiger partial charge on any atom is 0.410 e. The van der Waals surface area contributed by atoms with E-state index in [-0.39, 0.29) is 26.3 Å². The largest absolute Gasteiger partial charge is 0.464 e. The summed E-state index contributed by atoms with van der Waals surface area (Å²) >= 11 is 0. The smallest absolute Gasteiger partial charge is 0.410 e. The molecule has 0 bridgehead atoms. The highest BCUT2D eigenvalue weighted by atomic mass is 16.6. The summed E-state index contributed by atoms with van der Waals surface area (Å²) < 4.78 is 15.3. The molecule has 0 aromatic heterocycles. The van der Waals surface area contributed by atoms with E-state index in [1.807, 2.05) is 0 Å². The number of aliphatic hydroxyl groups excluding tert-OH is 1. The van der Waals surface area contributed by atoms with Crippen LogP contribution in [0.15, 0.2) is 0 Å². The van der Waals surface area contributed by atoms with Gasteiger partial charge in [-0.3, -0.25) is 0 Å². The van der Waals surface area contributed by atoms with Gasteiger partial charge in [0, 0.05) is 6.54 Å². The van der Waals surface area contributed by atoms with Crippen molar-refractivity contribution in [1.29, 1.82) is 0 Å². The molecule has 1 fully saturated rings. The zero-order valence-electron chi connectivity index (χ0n) is 12.4. The van der Waals surface area contributed by atoms with Gasteiger partial charge in [-0.15, -0.1) is 0 Å². The van der Waals surface area contributed by atoms with Crippen LogP contribution in [-0.2, 0) is 19.0 Å². The zero-order valence-corrected chi connectivity index (χ0v) is 12.4. The van der Waals surface area contributed by atoms with Gasteiger partial charge in [0.2, 0.25) is 0 Å². The van der Waals surface area contributed by atoms with Crippen molar-refractivity contribution >= 4 is 12.1 Å². The van der Waals surface area contributed by atoms with Crippen LogP contribution in [-0.4, -0.2) is 66.2 Å². The van der Waals surface area contributed by atoms with E-state index >= 15 is 0 Å². The predicted molar refractivity (Wildman–Crippen MR) is 70.2 cm³/mol. The Morgan fingerprint density at radius 3 is 2.60 bits per heavy atom. The Labute approximate surface area is 118 Å². The van der Waals surface area contributed by atoms with Crippen LogP contribution in [0.5, 0.6) is 0 Å². The third kappa shape index (κ3) is 4.97. The maximum atomic E-state index is 11.9. The van der Waals surface area contributed by atoms with Crippen LogP contribution in [0.25, 0.3) is 0 Å². The molecule has 20 heavy (non-hydrogen) atoms. The van der Waals surface area contributed by atoms with E-state index in [9.17, 15) is 14.7 Å². The summed E-state index contributed by atoms with van der Waals surface area (Å²) in [6.45, 7) is 7.53. The number of nitrogens with zero attached hydrogens (tertiary/aromatic N) is 1. The highest BCUT2D eigenvalue weighted by Gasteiger charge is 2.35. The summed E-state index contributed by atoms with van der Waals surface area (Å²) in [5.74, 6) is -0.619. The van der Waals surface area contributed by atoms with Crippen LogP contribution in [0.1, 0.15) is 27.7 Å². The molecule has 2 atom stereocenters. The molecule has 116 valence electrons. The second-order valence-electron chi connectivity index (χ2n) is 5.54. The van der Waals surface area contributed by atoms with Crippen molar-refractivity contribution in [1.82, 2.24) is 4.90 Å². The van der Waals surface area contributed by atoms with E-state index in [0.29, 0.717) is 0 Å². The van der Waals surface area contributed by atoms with Crippen LogP contribution < -0.4 is 0 Å². The Hall–Kier alpha value is -1.34. The Bertz CT molecular complexity index is 351. The van der Waals surface area contributed by atoms with Crippen LogP contribution in [0.4, 0.5) is 4.79 Å². The number of hydrogen-bond acceptors (Lipinski definition) is 6. The lowest BCUT2D eigenvalue weighted by molar-refractivity contribution is -0.162. The van der Waals surface area contributed by atoms with Gasteiger partial charge in [-0.25, -0.2) is 9.59 Å². The maximum absolute atomic E-state index is 11.9. The highest BCUT2D eigenvalue weighted by molar-refractivity contribution is 5.76. The molecule has 1 heterocycles. The standard InChI is InChI=1S/C13H23NO6/c1-5-18-11(16)10-9(15)8-14(6-7-19-10)12(17)20-13(2,3)4/h9-10,15H,5-8H2,1-4H3/t9-,10-/m1/s1. The molecule has 1 N–H and O–H groups in total. The third-order valence-electron chi connectivity index (χ3n) is 2.59. The molecule has 0 aromatic carbocycles. The third-order valence-corrected chi connectivity index (χ3v) is 2.59. The second-order valence-corrected chi connectivity index (χ2v) is 5.54. The van der Waals surface area contributed by atoms with Crippen molar-refractivity contribution in [2.45, 2.75) is 45.5 Å². The molecule has 1 amide bonds. The molecule has 7 heteroatoms. The number of β-amino-alcohol motifs (C(OH)–C–C–N with tert-alkyl or cyclic N) is 1. The molecule has 1 rings (SSSR count). The van der Waals surface area contributed by atoms with Crippen LogP contribution in [0, 0.1) is 0 Å². The lowest BCUT2D eigenvalue weighted by Crippen LogP contribution is -2.44. The van der Waals surface area contributed by atoms with Crippen molar-refractivity contribution in [2.24, 2.45) is 0 Å².